The molecule has 3 aromatic rings. The van der Waals surface area contributed by atoms with Crippen LogP contribution in [0, 0.1) is 0 Å². The molecule has 122 valence electrons. The van der Waals surface area contributed by atoms with Gasteiger partial charge in [-0.2, -0.15) is 4.98 Å². The van der Waals surface area contributed by atoms with Gasteiger partial charge in [0.05, 0.1) is 11.6 Å². The van der Waals surface area contributed by atoms with Gasteiger partial charge in [0.1, 0.15) is 12.1 Å². The number of hydrogen-bond acceptors (Lipinski definition) is 8. The van der Waals surface area contributed by atoms with Gasteiger partial charge in [-0.15, -0.1) is 0 Å². The first-order valence-electron chi connectivity index (χ1n) is 7.83. The minimum absolute atomic E-state index is 0.109. The molecule has 1 fully saturated rings. The molecular weight excluding hydrogens is 306 g/mol. The van der Waals surface area contributed by atoms with Crippen molar-refractivity contribution in [2.75, 3.05) is 12.3 Å². The molecule has 0 saturated carbocycles. The van der Waals surface area contributed by atoms with E-state index in [1.807, 2.05) is 12.3 Å². The minimum Gasteiger partial charge on any atom is -0.383 e. The number of nitrogen functional groups attached to an aromatic ring is 1. The molecule has 0 radical (unpaired) electrons. The Balaban J connectivity index is 1.56. The van der Waals surface area contributed by atoms with Crippen LogP contribution in [-0.2, 0) is 6.54 Å². The fourth-order valence-corrected chi connectivity index (χ4v) is 3.01. The highest BCUT2D eigenvalue weighted by molar-refractivity contribution is 5.66. The Bertz CT molecular complexity index is 820. The summed E-state index contributed by atoms with van der Waals surface area (Å²) in [5.41, 5.74) is 7.61. The average molecular weight is 323 g/mol. The molecule has 8 heteroatoms. The van der Waals surface area contributed by atoms with Crippen molar-refractivity contribution >= 4 is 5.82 Å². The van der Waals surface area contributed by atoms with Crippen LogP contribution in [0.4, 0.5) is 5.82 Å². The zero-order chi connectivity index (χ0) is 16.4. The SMILES string of the molecule is Nc1ncncc1-c1noc([C@@H]2CCCN2Cc2cccnc2)n1. The Morgan fingerprint density at radius 2 is 2.25 bits per heavy atom. The number of likely N-dealkylation sites (tertiary alicyclic amines) is 1. The summed E-state index contributed by atoms with van der Waals surface area (Å²) in [7, 11) is 0. The summed E-state index contributed by atoms with van der Waals surface area (Å²) in [4.78, 5) is 19.0. The van der Waals surface area contributed by atoms with E-state index in [0.717, 1.165) is 25.9 Å². The van der Waals surface area contributed by atoms with E-state index in [1.54, 1.807) is 12.4 Å². The van der Waals surface area contributed by atoms with Crippen molar-refractivity contribution in [2.45, 2.75) is 25.4 Å². The van der Waals surface area contributed by atoms with Crippen LogP contribution in [0.25, 0.3) is 11.4 Å². The number of nitrogens with two attached hydrogens (primary N) is 1. The molecule has 24 heavy (non-hydrogen) atoms. The number of pyridine rings is 1. The first-order chi connectivity index (χ1) is 11.8. The van der Waals surface area contributed by atoms with E-state index in [0.29, 0.717) is 23.1 Å². The topological polar surface area (TPSA) is 107 Å². The highest BCUT2D eigenvalue weighted by Gasteiger charge is 2.31. The van der Waals surface area contributed by atoms with Gasteiger partial charge in [-0.1, -0.05) is 11.2 Å². The standard InChI is InChI=1S/C16H17N7O/c17-14-12(8-19-10-20-14)15-21-16(24-22-15)13-4-2-6-23(13)9-11-3-1-5-18-7-11/h1,3,5,7-8,10,13H,2,4,6,9H2,(H2,17,19,20)/t13-/m0/s1. The fraction of sp³-hybridized carbons (Fsp3) is 0.312. The maximum Gasteiger partial charge on any atom is 0.244 e. The van der Waals surface area contributed by atoms with Crippen LogP contribution >= 0.6 is 0 Å². The highest BCUT2D eigenvalue weighted by Crippen LogP contribution is 2.33. The summed E-state index contributed by atoms with van der Waals surface area (Å²) in [6.07, 6.45) is 8.74. The van der Waals surface area contributed by atoms with E-state index < -0.39 is 0 Å². The maximum atomic E-state index is 5.85. The van der Waals surface area contributed by atoms with E-state index in [4.69, 9.17) is 10.3 Å². The van der Waals surface area contributed by atoms with Crippen molar-refractivity contribution < 1.29 is 4.52 Å². The lowest BCUT2D eigenvalue weighted by Gasteiger charge is -2.21. The summed E-state index contributed by atoms with van der Waals surface area (Å²) in [5.74, 6) is 1.38. The second kappa shape index (κ2) is 6.32. The molecule has 0 amide bonds. The van der Waals surface area contributed by atoms with Crippen molar-refractivity contribution in [3.63, 3.8) is 0 Å². The Morgan fingerprint density at radius 1 is 1.29 bits per heavy atom. The molecule has 1 atom stereocenters. The minimum atomic E-state index is 0.109. The largest absolute Gasteiger partial charge is 0.383 e. The van der Waals surface area contributed by atoms with Gasteiger partial charge in [-0.3, -0.25) is 9.88 Å². The van der Waals surface area contributed by atoms with Gasteiger partial charge in [0.25, 0.3) is 0 Å². The van der Waals surface area contributed by atoms with Gasteiger partial charge in [0.15, 0.2) is 0 Å². The van der Waals surface area contributed by atoms with E-state index in [-0.39, 0.29) is 6.04 Å². The molecule has 8 nitrogen and oxygen atoms in total. The number of hydrogen-bond donors (Lipinski definition) is 1. The van der Waals surface area contributed by atoms with E-state index in [1.165, 1.54) is 11.9 Å². The molecule has 0 aliphatic carbocycles. The zero-order valence-electron chi connectivity index (χ0n) is 13.0. The van der Waals surface area contributed by atoms with Gasteiger partial charge >= 0.3 is 0 Å². The van der Waals surface area contributed by atoms with Crippen molar-refractivity contribution in [1.29, 1.82) is 0 Å². The van der Waals surface area contributed by atoms with Crippen molar-refractivity contribution in [3.8, 4) is 11.4 Å². The summed E-state index contributed by atoms with van der Waals surface area (Å²) in [6, 6.07) is 4.13. The van der Waals surface area contributed by atoms with Crippen LogP contribution in [0.15, 0.2) is 41.6 Å². The number of nitrogens with zero attached hydrogens (tertiary/aromatic N) is 6. The smallest absolute Gasteiger partial charge is 0.244 e. The number of aromatic nitrogens is 5. The van der Waals surface area contributed by atoms with Crippen molar-refractivity contribution in [2.24, 2.45) is 0 Å². The van der Waals surface area contributed by atoms with Crippen LogP contribution in [0.1, 0.15) is 30.3 Å². The first-order valence-corrected chi connectivity index (χ1v) is 7.83. The molecule has 1 saturated heterocycles. The Hall–Kier alpha value is -2.87. The number of rotatable bonds is 4. The van der Waals surface area contributed by atoms with Crippen LogP contribution < -0.4 is 5.73 Å². The summed E-state index contributed by atoms with van der Waals surface area (Å²) in [5, 5.41) is 4.05. The molecule has 0 bridgehead atoms. The third-order valence-corrected chi connectivity index (χ3v) is 4.18. The van der Waals surface area contributed by atoms with Gasteiger partial charge in [0, 0.05) is 25.1 Å². The van der Waals surface area contributed by atoms with Gasteiger partial charge in [-0.25, -0.2) is 9.97 Å². The molecule has 4 heterocycles. The molecule has 1 aliphatic rings. The molecule has 3 aromatic heterocycles. The van der Waals surface area contributed by atoms with Crippen LogP contribution in [0.5, 0.6) is 0 Å². The fourth-order valence-electron chi connectivity index (χ4n) is 3.01. The highest BCUT2D eigenvalue weighted by atomic mass is 16.5. The Morgan fingerprint density at radius 3 is 3.08 bits per heavy atom. The normalized spacial score (nSPS) is 18.1. The number of anilines is 1. The van der Waals surface area contributed by atoms with Crippen molar-refractivity contribution in [3.05, 3.63) is 48.5 Å². The van der Waals surface area contributed by atoms with Gasteiger partial charge < -0.3 is 10.3 Å². The summed E-state index contributed by atoms with van der Waals surface area (Å²) >= 11 is 0. The van der Waals surface area contributed by atoms with Crippen molar-refractivity contribution in [1.82, 2.24) is 30.0 Å². The lowest BCUT2D eigenvalue weighted by atomic mass is 10.2. The second-order valence-corrected chi connectivity index (χ2v) is 5.77. The zero-order valence-corrected chi connectivity index (χ0v) is 13.0. The Labute approximate surface area is 138 Å². The predicted octanol–water partition coefficient (Wildman–Crippen LogP) is 1.84. The molecular formula is C16H17N7O. The second-order valence-electron chi connectivity index (χ2n) is 5.77. The summed E-state index contributed by atoms with van der Waals surface area (Å²) < 4.78 is 5.50. The molecule has 0 unspecified atom stereocenters. The molecule has 2 N–H and O–H groups in total. The van der Waals surface area contributed by atoms with Gasteiger partial charge in [-0.05, 0) is 31.0 Å². The monoisotopic (exact) mass is 323 g/mol. The lowest BCUT2D eigenvalue weighted by molar-refractivity contribution is 0.201. The quantitative estimate of drug-likeness (QED) is 0.775. The molecule has 0 spiro atoms. The van der Waals surface area contributed by atoms with E-state index >= 15 is 0 Å². The van der Waals surface area contributed by atoms with Crippen LogP contribution in [0.3, 0.4) is 0 Å². The maximum absolute atomic E-state index is 5.85. The molecule has 1 aliphatic heterocycles. The molecule has 0 aromatic carbocycles. The van der Waals surface area contributed by atoms with Crippen LogP contribution in [-0.4, -0.2) is 36.5 Å². The third-order valence-electron chi connectivity index (χ3n) is 4.18. The third kappa shape index (κ3) is 2.83. The summed E-state index contributed by atoms with van der Waals surface area (Å²) in [6.45, 7) is 1.81. The van der Waals surface area contributed by atoms with E-state index in [9.17, 15) is 0 Å². The van der Waals surface area contributed by atoms with E-state index in [2.05, 4.69) is 36.1 Å². The molecule has 4 rings (SSSR count). The predicted molar refractivity (Wildman–Crippen MR) is 86.4 cm³/mol. The average Bonchev–Trinajstić information content (AvgIpc) is 3.25. The lowest BCUT2D eigenvalue weighted by Crippen LogP contribution is -2.23. The van der Waals surface area contributed by atoms with Crippen LogP contribution in [0.2, 0.25) is 0 Å². The first kappa shape index (κ1) is 14.7. The van der Waals surface area contributed by atoms with Gasteiger partial charge in [0.2, 0.25) is 11.7 Å². The Kier molecular flexibility index (Phi) is 3.87.